The number of nitrogens with zero attached hydrogens (tertiary/aromatic N) is 6. The van der Waals surface area contributed by atoms with Gasteiger partial charge in [0.2, 0.25) is 11.8 Å². The van der Waals surface area contributed by atoms with Gasteiger partial charge in [-0.25, -0.2) is 15.0 Å². The van der Waals surface area contributed by atoms with Crippen molar-refractivity contribution >= 4 is 50.2 Å². The van der Waals surface area contributed by atoms with Gasteiger partial charge in [0.25, 0.3) is 0 Å². The molecule has 11 heteroatoms. The van der Waals surface area contributed by atoms with Crippen molar-refractivity contribution in [2.75, 3.05) is 11.9 Å². The van der Waals surface area contributed by atoms with E-state index >= 15 is 0 Å². The highest BCUT2D eigenvalue weighted by Crippen LogP contribution is 2.27. The Balaban J connectivity index is 1.41. The number of aryl methyl sites for hydroxylation is 1. The van der Waals surface area contributed by atoms with Gasteiger partial charge in [0.15, 0.2) is 5.78 Å². The molecule has 1 aliphatic heterocycles. The van der Waals surface area contributed by atoms with Crippen molar-refractivity contribution in [3.63, 3.8) is 0 Å². The fourth-order valence-corrected chi connectivity index (χ4v) is 4.86. The standard InChI is InChI=1S/C26H24BrN7O3/c1-15(35)25-19-9-8-17(18-12-28-16(2)29-13-18)11-21(19)34(32-25)14-24(36)33-10-4-5-20(33)26(37)31-23-7-3-6-22(27)30-23/h3,6-9,11-13,20H,4-5,10,14H2,1-2H3,(H,30,31,37). The number of nitrogens with one attached hydrogen (secondary N) is 1. The van der Waals surface area contributed by atoms with Gasteiger partial charge in [0.1, 0.15) is 34.5 Å². The summed E-state index contributed by atoms with van der Waals surface area (Å²) in [5.41, 5.74) is 2.60. The summed E-state index contributed by atoms with van der Waals surface area (Å²) in [6.07, 6.45) is 4.73. The van der Waals surface area contributed by atoms with Crippen molar-refractivity contribution < 1.29 is 14.4 Å². The van der Waals surface area contributed by atoms with Crippen molar-refractivity contribution in [2.45, 2.75) is 39.3 Å². The molecule has 0 saturated carbocycles. The molecular weight excluding hydrogens is 538 g/mol. The summed E-state index contributed by atoms with van der Waals surface area (Å²) >= 11 is 3.29. The highest BCUT2D eigenvalue weighted by atomic mass is 79.9. The van der Waals surface area contributed by atoms with Crippen LogP contribution in [0.3, 0.4) is 0 Å². The highest BCUT2D eigenvalue weighted by molar-refractivity contribution is 9.10. The molecule has 0 bridgehead atoms. The van der Waals surface area contributed by atoms with Gasteiger partial charge in [-0.15, -0.1) is 0 Å². The Kier molecular flexibility index (Phi) is 6.79. The van der Waals surface area contributed by atoms with E-state index in [9.17, 15) is 14.4 Å². The van der Waals surface area contributed by atoms with Gasteiger partial charge in [-0.3, -0.25) is 19.1 Å². The quantitative estimate of drug-likeness (QED) is 0.280. The lowest BCUT2D eigenvalue weighted by Gasteiger charge is -2.24. The van der Waals surface area contributed by atoms with Gasteiger partial charge in [0.05, 0.1) is 5.52 Å². The molecule has 1 aliphatic rings. The number of ketones is 1. The number of hydrogen-bond donors (Lipinski definition) is 1. The molecule has 5 rings (SSSR count). The first-order valence-electron chi connectivity index (χ1n) is 11.8. The summed E-state index contributed by atoms with van der Waals surface area (Å²) in [5, 5.41) is 7.93. The van der Waals surface area contributed by atoms with Crippen molar-refractivity contribution in [2.24, 2.45) is 0 Å². The highest BCUT2D eigenvalue weighted by Gasteiger charge is 2.34. The predicted octanol–water partition coefficient (Wildman–Crippen LogP) is 3.79. The Morgan fingerprint density at radius 1 is 1.11 bits per heavy atom. The lowest BCUT2D eigenvalue weighted by molar-refractivity contribution is -0.137. The number of hydrogen-bond acceptors (Lipinski definition) is 7. The second-order valence-corrected chi connectivity index (χ2v) is 9.71. The van der Waals surface area contributed by atoms with Crippen LogP contribution < -0.4 is 5.32 Å². The number of benzene rings is 1. The average Bonchev–Trinajstić information content (AvgIpc) is 3.50. The molecular formula is C26H24BrN7O3. The smallest absolute Gasteiger partial charge is 0.248 e. The number of Topliss-reactive ketones (excluding diaryl/α,β-unsaturated/α-hetero) is 1. The van der Waals surface area contributed by atoms with E-state index in [-0.39, 0.29) is 24.1 Å². The Labute approximate surface area is 221 Å². The molecule has 1 fully saturated rings. The molecule has 10 nitrogen and oxygen atoms in total. The summed E-state index contributed by atoms with van der Waals surface area (Å²) in [6, 6.07) is 10.2. The molecule has 2 amide bonds. The maximum atomic E-state index is 13.4. The number of carbonyl (C=O) groups excluding carboxylic acids is 3. The molecule has 188 valence electrons. The SMILES string of the molecule is CC(=O)c1nn(CC(=O)N2CCCC2C(=O)Nc2cccc(Br)n2)c2cc(-c3cnc(C)nc3)ccc12. The van der Waals surface area contributed by atoms with Crippen LogP contribution in [0.15, 0.2) is 53.4 Å². The van der Waals surface area contributed by atoms with Crippen LogP contribution in [0.4, 0.5) is 5.82 Å². The first kappa shape index (κ1) is 24.7. The molecule has 0 spiro atoms. The third kappa shape index (κ3) is 5.12. The maximum Gasteiger partial charge on any atom is 0.248 e. The third-order valence-electron chi connectivity index (χ3n) is 6.33. The Bertz CT molecular complexity index is 1520. The predicted molar refractivity (Wildman–Crippen MR) is 141 cm³/mol. The Morgan fingerprint density at radius 3 is 2.62 bits per heavy atom. The number of likely N-dealkylation sites (tertiary alicyclic amines) is 1. The Morgan fingerprint density at radius 2 is 1.89 bits per heavy atom. The number of pyridine rings is 1. The third-order valence-corrected chi connectivity index (χ3v) is 6.77. The molecule has 4 aromatic rings. The molecule has 3 aromatic heterocycles. The van der Waals surface area contributed by atoms with E-state index in [1.165, 1.54) is 11.6 Å². The van der Waals surface area contributed by atoms with E-state index in [1.54, 1.807) is 35.5 Å². The number of rotatable bonds is 6. The fourth-order valence-electron chi connectivity index (χ4n) is 4.52. The first-order valence-corrected chi connectivity index (χ1v) is 12.6. The minimum Gasteiger partial charge on any atom is -0.329 e. The lowest BCUT2D eigenvalue weighted by Crippen LogP contribution is -2.44. The first-order chi connectivity index (χ1) is 17.8. The summed E-state index contributed by atoms with van der Waals surface area (Å²) in [6.45, 7) is 3.63. The van der Waals surface area contributed by atoms with Gasteiger partial charge in [-0.1, -0.05) is 12.1 Å². The van der Waals surface area contributed by atoms with Crippen molar-refractivity contribution in [1.29, 1.82) is 0 Å². The zero-order valence-corrected chi connectivity index (χ0v) is 21.9. The molecule has 0 aliphatic carbocycles. The van der Waals surface area contributed by atoms with E-state index < -0.39 is 6.04 Å². The van der Waals surface area contributed by atoms with Crippen molar-refractivity contribution in [3.8, 4) is 11.1 Å². The number of amides is 2. The van der Waals surface area contributed by atoms with Crippen LogP contribution in [0.1, 0.15) is 36.1 Å². The summed E-state index contributed by atoms with van der Waals surface area (Å²) in [5.74, 6) is 0.355. The van der Waals surface area contributed by atoms with Crippen LogP contribution in [0, 0.1) is 6.92 Å². The topological polar surface area (TPSA) is 123 Å². The number of carbonyl (C=O) groups is 3. The maximum absolute atomic E-state index is 13.4. The van der Waals surface area contributed by atoms with E-state index in [4.69, 9.17) is 0 Å². The van der Waals surface area contributed by atoms with Crippen LogP contribution in [-0.4, -0.2) is 59.8 Å². The molecule has 0 radical (unpaired) electrons. The molecule has 37 heavy (non-hydrogen) atoms. The monoisotopic (exact) mass is 561 g/mol. The van der Waals surface area contributed by atoms with Crippen LogP contribution in [0.25, 0.3) is 22.0 Å². The Hall–Kier alpha value is -3.99. The van der Waals surface area contributed by atoms with Crippen LogP contribution >= 0.6 is 15.9 Å². The zero-order valence-electron chi connectivity index (χ0n) is 20.3. The van der Waals surface area contributed by atoms with Gasteiger partial charge in [0, 0.05) is 36.8 Å². The average molecular weight is 562 g/mol. The summed E-state index contributed by atoms with van der Waals surface area (Å²) < 4.78 is 2.14. The molecule has 1 unspecified atom stereocenters. The molecule has 1 atom stereocenters. The van der Waals surface area contributed by atoms with E-state index in [2.05, 4.69) is 41.3 Å². The number of anilines is 1. The van der Waals surface area contributed by atoms with Gasteiger partial charge in [-0.2, -0.15) is 5.10 Å². The second kappa shape index (κ2) is 10.2. The molecule has 1 N–H and O–H groups in total. The molecule has 4 heterocycles. The normalized spacial score (nSPS) is 15.2. The van der Waals surface area contributed by atoms with E-state index in [0.29, 0.717) is 52.2 Å². The van der Waals surface area contributed by atoms with Gasteiger partial charge in [-0.05, 0) is 65.5 Å². The van der Waals surface area contributed by atoms with E-state index in [1.807, 2.05) is 25.1 Å². The van der Waals surface area contributed by atoms with Gasteiger partial charge >= 0.3 is 0 Å². The minimum absolute atomic E-state index is 0.101. The molecule has 1 aromatic carbocycles. The van der Waals surface area contributed by atoms with Crippen LogP contribution in [0.5, 0.6) is 0 Å². The minimum atomic E-state index is -0.609. The van der Waals surface area contributed by atoms with E-state index in [0.717, 1.165) is 11.1 Å². The number of halogens is 1. The van der Waals surface area contributed by atoms with Crippen molar-refractivity contribution in [1.82, 2.24) is 29.6 Å². The fraction of sp³-hybridized carbons (Fsp3) is 0.269. The molecule has 1 saturated heterocycles. The van der Waals surface area contributed by atoms with Gasteiger partial charge < -0.3 is 10.2 Å². The largest absolute Gasteiger partial charge is 0.329 e. The van der Waals surface area contributed by atoms with Crippen LogP contribution in [-0.2, 0) is 16.1 Å². The summed E-state index contributed by atoms with van der Waals surface area (Å²) in [4.78, 5) is 53.0. The number of aromatic nitrogens is 5. The zero-order chi connectivity index (χ0) is 26.1. The summed E-state index contributed by atoms with van der Waals surface area (Å²) in [7, 11) is 0. The van der Waals surface area contributed by atoms with Crippen molar-refractivity contribution in [3.05, 3.63) is 64.9 Å². The number of fused-ring (bicyclic) bond motifs is 1. The van der Waals surface area contributed by atoms with Crippen LogP contribution in [0.2, 0.25) is 0 Å². The second-order valence-electron chi connectivity index (χ2n) is 8.89. The lowest BCUT2D eigenvalue weighted by atomic mass is 10.1.